The molecule has 3 rings (SSSR count). The molecule has 1 N–H and O–H groups in total. The second-order valence-electron chi connectivity index (χ2n) is 4.60. The van der Waals surface area contributed by atoms with Crippen molar-refractivity contribution in [3.05, 3.63) is 77.5 Å². The van der Waals surface area contributed by atoms with E-state index in [1.54, 1.807) is 18.2 Å². The number of nitrogens with zero attached hydrogens (tertiary/aromatic N) is 1. The Morgan fingerprint density at radius 1 is 0.905 bits per heavy atom. The van der Waals surface area contributed by atoms with Gasteiger partial charge in [0, 0.05) is 22.7 Å². The van der Waals surface area contributed by atoms with Gasteiger partial charge in [0.05, 0.1) is 11.1 Å². The second kappa shape index (κ2) is 5.17. The molecule has 0 bridgehead atoms. The molecular formula is C17H11NO3. The highest BCUT2D eigenvalue weighted by atomic mass is 16.4. The number of para-hydroxylation sites is 1. The van der Waals surface area contributed by atoms with Gasteiger partial charge in [0.2, 0.25) is 0 Å². The molecule has 4 nitrogen and oxygen atoms in total. The van der Waals surface area contributed by atoms with E-state index in [2.05, 4.69) is 4.98 Å². The Bertz CT molecular complexity index is 855. The van der Waals surface area contributed by atoms with Crippen LogP contribution in [0.5, 0.6) is 0 Å². The molecule has 0 spiro atoms. The summed E-state index contributed by atoms with van der Waals surface area (Å²) < 4.78 is 0. The zero-order valence-corrected chi connectivity index (χ0v) is 11.0. The molecule has 4 heteroatoms. The van der Waals surface area contributed by atoms with Gasteiger partial charge in [0.25, 0.3) is 0 Å². The number of carboxylic acids is 1. The number of benzene rings is 2. The van der Waals surface area contributed by atoms with Crippen molar-refractivity contribution in [3.63, 3.8) is 0 Å². The molecular weight excluding hydrogens is 266 g/mol. The zero-order valence-electron chi connectivity index (χ0n) is 11.0. The highest BCUT2D eigenvalue weighted by molar-refractivity contribution is 6.14. The molecule has 3 aromatic rings. The standard InChI is InChI=1S/C17H11NO3/c19-16(13-6-2-3-7-14(13)17(20)21)12-9-11-5-1-4-8-15(11)18-10-12/h1-10H,(H,20,21). The lowest BCUT2D eigenvalue weighted by Crippen LogP contribution is -2.09. The van der Waals surface area contributed by atoms with Crippen LogP contribution < -0.4 is 0 Å². The average molecular weight is 277 g/mol. The van der Waals surface area contributed by atoms with Crippen LogP contribution >= 0.6 is 0 Å². The quantitative estimate of drug-likeness (QED) is 0.747. The van der Waals surface area contributed by atoms with Gasteiger partial charge in [0.15, 0.2) is 5.78 Å². The fourth-order valence-electron chi connectivity index (χ4n) is 2.22. The summed E-state index contributed by atoms with van der Waals surface area (Å²) in [6, 6.07) is 15.4. The Hall–Kier alpha value is -3.01. The number of rotatable bonds is 3. The van der Waals surface area contributed by atoms with Gasteiger partial charge in [0.1, 0.15) is 0 Å². The van der Waals surface area contributed by atoms with Crippen LogP contribution in [0.1, 0.15) is 26.3 Å². The van der Waals surface area contributed by atoms with E-state index in [0.29, 0.717) is 5.56 Å². The minimum Gasteiger partial charge on any atom is -0.478 e. The van der Waals surface area contributed by atoms with E-state index >= 15 is 0 Å². The smallest absolute Gasteiger partial charge is 0.336 e. The van der Waals surface area contributed by atoms with Crippen LogP contribution in [-0.4, -0.2) is 21.8 Å². The molecule has 2 aromatic carbocycles. The number of hydrogen-bond donors (Lipinski definition) is 1. The third-order valence-electron chi connectivity index (χ3n) is 3.25. The van der Waals surface area contributed by atoms with Crippen molar-refractivity contribution in [2.24, 2.45) is 0 Å². The normalized spacial score (nSPS) is 10.5. The minimum absolute atomic E-state index is 0.00402. The largest absolute Gasteiger partial charge is 0.478 e. The van der Waals surface area contributed by atoms with Crippen LogP contribution in [0.4, 0.5) is 0 Å². The topological polar surface area (TPSA) is 67.3 Å². The summed E-state index contributed by atoms with van der Waals surface area (Å²) in [5.41, 5.74) is 1.33. The van der Waals surface area contributed by atoms with E-state index in [0.717, 1.165) is 10.9 Å². The average Bonchev–Trinajstić information content (AvgIpc) is 2.53. The number of carbonyl (C=O) groups excluding carboxylic acids is 1. The maximum atomic E-state index is 12.5. The van der Waals surface area contributed by atoms with Gasteiger partial charge in [-0.25, -0.2) is 4.79 Å². The van der Waals surface area contributed by atoms with Gasteiger partial charge in [-0.1, -0.05) is 36.4 Å². The molecule has 0 aliphatic rings. The Labute approximate surface area is 120 Å². The fourth-order valence-corrected chi connectivity index (χ4v) is 2.22. The molecule has 21 heavy (non-hydrogen) atoms. The van der Waals surface area contributed by atoms with Crippen LogP contribution in [0.15, 0.2) is 60.8 Å². The third-order valence-corrected chi connectivity index (χ3v) is 3.25. The molecule has 0 aliphatic heterocycles. The first kappa shape index (κ1) is 13.0. The Balaban J connectivity index is 2.10. The van der Waals surface area contributed by atoms with Gasteiger partial charge in [-0.05, 0) is 18.2 Å². The lowest BCUT2D eigenvalue weighted by Gasteiger charge is -2.06. The van der Waals surface area contributed by atoms with Crippen molar-refractivity contribution in [2.75, 3.05) is 0 Å². The molecule has 102 valence electrons. The maximum Gasteiger partial charge on any atom is 0.336 e. The van der Waals surface area contributed by atoms with Crippen molar-refractivity contribution in [3.8, 4) is 0 Å². The van der Waals surface area contributed by atoms with Gasteiger partial charge >= 0.3 is 5.97 Å². The predicted octanol–water partition coefficient (Wildman–Crippen LogP) is 3.16. The van der Waals surface area contributed by atoms with E-state index in [9.17, 15) is 9.59 Å². The predicted molar refractivity (Wildman–Crippen MR) is 78.6 cm³/mol. The summed E-state index contributed by atoms with van der Waals surface area (Å²) in [6.45, 7) is 0. The molecule has 0 unspecified atom stereocenters. The Morgan fingerprint density at radius 2 is 1.57 bits per heavy atom. The molecule has 0 saturated heterocycles. The molecule has 0 saturated carbocycles. The first-order valence-corrected chi connectivity index (χ1v) is 6.38. The fraction of sp³-hybridized carbons (Fsp3) is 0. The van der Waals surface area contributed by atoms with Crippen molar-refractivity contribution >= 4 is 22.7 Å². The molecule has 0 amide bonds. The third kappa shape index (κ3) is 2.39. The summed E-state index contributed by atoms with van der Waals surface area (Å²) in [5, 5.41) is 10.0. The molecule has 0 fully saturated rings. The summed E-state index contributed by atoms with van der Waals surface area (Å²) in [7, 11) is 0. The number of carboxylic acid groups (broad SMARTS) is 1. The van der Waals surface area contributed by atoms with Crippen molar-refractivity contribution in [1.82, 2.24) is 4.98 Å². The molecule has 1 heterocycles. The number of aromatic nitrogens is 1. The highest BCUT2D eigenvalue weighted by Gasteiger charge is 2.17. The SMILES string of the molecule is O=C(O)c1ccccc1C(=O)c1cnc2ccccc2c1. The molecule has 0 aliphatic carbocycles. The molecule has 0 atom stereocenters. The lowest BCUT2D eigenvalue weighted by molar-refractivity contribution is 0.0693. The minimum atomic E-state index is -1.12. The Kier molecular flexibility index (Phi) is 3.20. The van der Waals surface area contributed by atoms with Gasteiger partial charge in [-0.2, -0.15) is 0 Å². The summed E-state index contributed by atoms with van der Waals surface area (Å²) in [6.07, 6.45) is 1.48. The van der Waals surface area contributed by atoms with Crippen molar-refractivity contribution in [1.29, 1.82) is 0 Å². The van der Waals surface area contributed by atoms with E-state index in [1.807, 2.05) is 24.3 Å². The number of aromatic carboxylic acids is 1. The summed E-state index contributed by atoms with van der Waals surface area (Å²) >= 11 is 0. The van der Waals surface area contributed by atoms with E-state index < -0.39 is 5.97 Å². The number of fused-ring (bicyclic) bond motifs is 1. The first-order valence-electron chi connectivity index (χ1n) is 6.38. The van der Waals surface area contributed by atoms with Gasteiger partial charge in [-0.15, -0.1) is 0 Å². The van der Waals surface area contributed by atoms with Crippen molar-refractivity contribution in [2.45, 2.75) is 0 Å². The van der Waals surface area contributed by atoms with Crippen LogP contribution in [0, 0.1) is 0 Å². The molecule has 0 radical (unpaired) electrons. The summed E-state index contributed by atoms with van der Waals surface area (Å²) in [5.74, 6) is -1.46. The van der Waals surface area contributed by atoms with Crippen molar-refractivity contribution < 1.29 is 14.7 Å². The highest BCUT2D eigenvalue weighted by Crippen LogP contribution is 2.18. The van der Waals surface area contributed by atoms with Crippen LogP contribution in [0.25, 0.3) is 10.9 Å². The maximum absolute atomic E-state index is 12.5. The number of carbonyl (C=O) groups is 2. The van der Waals surface area contributed by atoms with E-state index in [-0.39, 0.29) is 16.9 Å². The van der Waals surface area contributed by atoms with E-state index in [4.69, 9.17) is 5.11 Å². The first-order chi connectivity index (χ1) is 10.2. The van der Waals surface area contributed by atoms with Gasteiger partial charge < -0.3 is 5.11 Å². The second-order valence-corrected chi connectivity index (χ2v) is 4.60. The number of hydrogen-bond acceptors (Lipinski definition) is 3. The summed E-state index contributed by atoms with van der Waals surface area (Å²) in [4.78, 5) is 27.9. The molecule has 1 aromatic heterocycles. The monoisotopic (exact) mass is 277 g/mol. The van der Waals surface area contributed by atoms with E-state index in [1.165, 1.54) is 18.3 Å². The number of ketones is 1. The lowest BCUT2D eigenvalue weighted by atomic mass is 9.98. The van der Waals surface area contributed by atoms with Crippen LogP contribution in [-0.2, 0) is 0 Å². The number of pyridine rings is 1. The van der Waals surface area contributed by atoms with Gasteiger partial charge in [-0.3, -0.25) is 9.78 Å². The zero-order chi connectivity index (χ0) is 14.8. The van der Waals surface area contributed by atoms with Crippen LogP contribution in [0.3, 0.4) is 0 Å². The van der Waals surface area contributed by atoms with Crippen LogP contribution in [0.2, 0.25) is 0 Å². The Morgan fingerprint density at radius 3 is 2.33 bits per heavy atom.